The van der Waals surface area contributed by atoms with E-state index in [0.717, 1.165) is 10.8 Å². The maximum atomic E-state index is 13.5. The fourth-order valence-electron chi connectivity index (χ4n) is 2.67. The van der Waals surface area contributed by atoms with Gasteiger partial charge in [0.15, 0.2) is 0 Å². The van der Waals surface area contributed by atoms with Crippen LogP contribution in [0.15, 0.2) is 40.1 Å². The molecule has 1 aliphatic rings. The van der Waals surface area contributed by atoms with E-state index in [2.05, 4.69) is 0 Å². The molecule has 152 valence electrons. The van der Waals surface area contributed by atoms with Gasteiger partial charge in [-0.25, -0.2) is 13.8 Å². The monoisotopic (exact) mass is 418 g/mol. The zero-order valence-electron chi connectivity index (χ0n) is 14.4. The van der Waals surface area contributed by atoms with Gasteiger partial charge in [-0.3, -0.25) is 23.4 Å². The number of ether oxygens (including phenoxy) is 1. The number of rotatable bonds is 7. The van der Waals surface area contributed by atoms with Crippen molar-refractivity contribution >= 4 is 7.82 Å². The minimum absolute atomic E-state index is 0.0945. The van der Waals surface area contributed by atoms with Crippen molar-refractivity contribution in [2.75, 3.05) is 6.61 Å². The zero-order valence-corrected chi connectivity index (χ0v) is 15.3. The molecule has 2 aromatic rings. The average molecular weight is 418 g/mol. The van der Waals surface area contributed by atoms with E-state index in [-0.39, 0.29) is 12.2 Å². The molecule has 0 aliphatic carbocycles. The first-order valence-corrected chi connectivity index (χ1v) is 9.76. The summed E-state index contributed by atoms with van der Waals surface area (Å²) in [6.45, 7) is -0.789. The van der Waals surface area contributed by atoms with Crippen LogP contribution in [0.2, 0.25) is 0 Å². The van der Waals surface area contributed by atoms with Crippen molar-refractivity contribution in [3.8, 4) is 0 Å². The molecule has 12 heteroatoms. The molecule has 1 unspecified atom stereocenters. The third kappa shape index (κ3) is 5.00. The molecule has 0 radical (unpaired) electrons. The Bertz CT molecular complexity index is 1010. The van der Waals surface area contributed by atoms with Crippen LogP contribution in [0.5, 0.6) is 0 Å². The highest BCUT2D eigenvalue weighted by molar-refractivity contribution is 7.47. The zero-order chi connectivity index (χ0) is 20.3. The summed E-state index contributed by atoms with van der Waals surface area (Å²) >= 11 is 0. The standard InChI is InChI=1S/C16H17F2N2O7P/c17-12-4-2-1-3-10(12)8-25-28(23,24)26-9-11-5-6-14(27-11)20-7-13(18)15(21)19-16(20)22/h1-4,7,11,14H,5-6,8-9H2,(H,23,24)(H,19,21,22)/t11-,14+/m0/s1. The Morgan fingerprint density at radius 1 is 1.21 bits per heavy atom. The van der Waals surface area contributed by atoms with E-state index in [4.69, 9.17) is 13.8 Å². The van der Waals surface area contributed by atoms with E-state index in [0.29, 0.717) is 12.8 Å². The number of benzene rings is 1. The van der Waals surface area contributed by atoms with Gasteiger partial charge >= 0.3 is 13.5 Å². The molecule has 0 bridgehead atoms. The molecule has 0 amide bonds. The first-order chi connectivity index (χ1) is 13.2. The fraction of sp³-hybridized carbons (Fsp3) is 0.375. The Balaban J connectivity index is 1.53. The number of hydrogen-bond acceptors (Lipinski definition) is 6. The van der Waals surface area contributed by atoms with Crippen molar-refractivity contribution in [2.24, 2.45) is 0 Å². The lowest BCUT2D eigenvalue weighted by Gasteiger charge is -2.17. The van der Waals surface area contributed by atoms with E-state index in [1.165, 1.54) is 18.2 Å². The SMILES string of the molecule is O=c1[nH]c(=O)n([C@H]2CC[C@@H](COP(=O)(O)OCc3ccccc3F)O2)cc1F. The van der Waals surface area contributed by atoms with E-state index in [9.17, 15) is 27.8 Å². The van der Waals surface area contributed by atoms with Gasteiger partial charge in [0.1, 0.15) is 12.0 Å². The van der Waals surface area contributed by atoms with Crippen LogP contribution in [0.4, 0.5) is 8.78 Å². The van der Waals surface area contributed by atoms with Gasteiger partial charge < -0.3 is 9.63 Å². The molecule has 1 fully saturated rings. The number of phosphoric acid groups is 1. The van der Waals surface area contributed by atoms with E-state index in [1.807, 2.05) is 4.98 Å². The number of nitrogens with one attached hydrogen (secondary N) is 1. The van der Waals surface area contributed by atoms with Crippen LogP contribution in [0.1, 0.15) is 24.6 Å². The second-order valence-electron chi connectivity index (χ2n) is 6.06. The lowest BCUT2D eigenvalue weighted by atomic mass is 10.2. The van der Waals surface area contributed by atoms with Gasteiger partial charge in [0, 0.05) is 5.56 Å². The summed E-state index contributed by atoms with van der Waals surface area (Å²) in [5, 5.41) is 0. The molecule has 0 saturated carbocycles. The molecule has 2 heterocycles. The molecule has 1 saturated heterocycles. The molecule has 1 aliphatic heterocycles. The number of H-pyrrole nitrogens is 1. The first-order valence-electron chi connectivity index (χ1n) is 8.27. The van der Waals surface area contributed by atoms with Crippen molar-refractivity contribution in [1.82, 2.24) is 9.55 Å². The highest BCUT2D eigenvalue weighted by atomic mass is 31.2. The van der Waals surface area contributed by atoms with Crippen molar-refractivity contribution < 1.29 is 32.0 Å². The first kappa shape index (κ1) is 20.6. The molecule has 3 rings (SSSR count). The summed E-state index contributed by atoms with van der Waals surface area (Å²) in [7, 11) is -4.47. The third-order valence-electron chi connectivity index (χ3n) is 4.08. The topological polar surface area (TPSA) is 120 Å². The maximum Gasteiger partial charge on any atom is 0.472 e. The Morgan fingerprint density at radius 2 is 1.96 bits per heavy atom. The van der Waals surface area contributed by atoms with Crippen LogP contribution in [0.3, 0.4) is 0 Å². The van der Waals surface area contributed by atoms with Crippen molar-refractivity contribution in [2.45, 2.75) is 31.8 Å². The Morgan fingerprint density at radius 3 is 2.71 bits per heavy atom. The summed E-state index contributed by atoms with van der Waals surface area (Å²) < 4.78 is 54.8. The summed E-state index contributed by atoms with van der Waals surface area (Å²) in [6, 6.07) is 5.62. The minimum atomic E-state index is -4.47. The van der Waals surface area contributed by atoms with Gasteiger partial charge in [0.05, 0.1) is 25.5 Å². The number of halogens is 2. The lowest BCUT2D eigenvalue weighted by Crippen LogP contribution is -2.34. The highest BCUT2D eigenvalue weighted by Crippen LogP contribution is 2.45. The van der Waals surface area contributed by atoms with Crippen molar-refractivity contribution in [3.05, 3.63) is 68.5 Å². The highest BCUT2D eigenvalue weighted by Gasteiger charge is 2.31. The number of hydrogen-bond donors (Lipinski definition) is 2. The third-order valence-corrected chi connectivity index (χ3v) is 5.02. The van der Waals surface area contributed by atoms with Crippen molar-refractivity contribution in [3.63, 3.8) is 0 Å². The van der Waals surface area contributed by atoms with Gasteiger partial charge in [-0.05, 0) is 18.9 Å². The number of aromatic nitrogens is 2. The molecule has 2 N–H and O–H groups in total. The predicted octanol–water partition coefficient (Wildman–Crippen LogP) is 1.83. The summed E-state index contributed by atoms with van der Waals surface area (Å²) in [6.07, 6.45) is -0.130. The van der Waals surface area contributed by atoms with Crippen LogP contribution in [0.25, 0.3) is 0 Å². The minimum Gasteiger partial charge on any atom is -0.352 e. The molecular formula is C16H17F2N2O7P. The molecule has 1 aromatic heterocycles. The summed E-state index contributed by atoms with van der Waals surface area (Å²) in [5.74, 6) is -1.72. The molecular weight excluding hydrogens is 401 g/mol. The number of aromatic amines is 1. The van der Waals surface area contributed by atoms with Crippen LogP contribution in [-0.4, -0.2) is 27.2 Å². The summed E-state index contributed by atoms with van der Waals surface area (Å²) in [4.78, 5) is 34.3. The van der Waals surface area contributed by atoms with Gasteiger partial charge in [0.2, 0.25) is 5.82 Å². The van der Waals surface area contributed by atoms with Crippen LogP contribution < -0.4 is 11.2 Å². The average Bonchev–Trinajstić information content (AvgIpc) is 3.11. The summed E-state index contributed by atoms with van der Waals surface area (Å²) in [5.41, 5.74) is -1.87. The number of nitrogens with zero attached hydrogens (tertiary/aromatic N) is 1. The van der Waals surface area contributed by atoms with Crippen molar-refractivity contribution in [1.29, 1.82) is 0 Å². The largest absolute Gasteiger partial charge is 0.472 e. The quantitative estimate of drug-likeness (QED) is 0.659. The molecule has 3 atom stereocenters. The number of phosphoric ester groups is 1. The van der Waals surface area contributed by atoms with Gasteiger partial charge in [-0.1, -0.05) is 18.2 Å². The van der Waals surface area contributed by atoms with Crippen LogP contribution >= 0.6 is 7.82 Å². The molecule has 1 aromatic carbocycles. The van der Waals surface area contributed by atoms with E-state index < -0.39 is 49.6 Å². The van der Waals surface area contributed by atoms with Gasteiger partial charge in [0.25, 0.3) is 5.56 Å². The second kappa shape index (κ2) is 8.46. The van der Waals surface area contributed by atoms with Gasteiger partial charge in [-0.15, -0.1) is 0 Å². The molecule has 9 nitrogen and oxygen atoms in total. The Labute approximate surface area is 157 Å². The lowest BCUT2D eigenvalue weighted by molar-refractivity contribution is -0.0267. The fourth-order valence-corrected chi connectivity index (χ4v) is 3.40. The smallest absolute Gasteiger partial charge is 0.352 e. The Kier molecular flexibility index (Phi) is 6.21. The van der Waals surface area contributed by atoms with E-state index in [1.54, 1.807) is 6.07 Å². The maximum absolute atomic E-state index is 13.5. The second-order valence-corrected chi connectivity index (χ2v) is 7.52. The van der Waals surface area contributed by atoms with Crippen LogP contribution in [0, 0.1) is 11.6 Å². The molecule has 0 spiro atoms. The molecule has 28 heavy (non-hydrogen) atoms. The van der Waals surface area contributed by atoms with Gasteiger partial charge in [-0.2, -0.15) is 4.39 Å². The normalized spacial score (nSPS) is 21.5. The van der Waals surface area contributed by atoms with E-state index >= 15 is 0 Å². The Hall–Kier alpha value is -2.17. The van der Waals surface area contributed by atoms with Crippen LogP contribution in [-0.2, 0) is 25.0 Å². The predicted molar refractivity (Wildman–Crippen MR) is 91.4 cm³/mol.